The van der Waals surface area contributed by atoms with Crippen LogP contribution < -0.4 is 4.74 Å². The van der Waals surface area contributed by atoms with Crippen molar-refractivity contribution in [3.05, 3.63) is 29.3 Å². The highest BCUT2D eigenvalue weighted by molar-refractivity contribution is 8.03. The quantitative estimate of drug-likeness (QED) is 0.515. The lowest BCUT2D eigenvalue weighted by Gasteiger charge is -2.24. The molecule has 1 aromatic rings. The molecule has 0 radical (unpaired) electrons. The highest BCUT2D eigenvalue weighted by Crippen LogP contribution is 2.32. The minimum atomic E-state index is 0.0731. The maximum absolute atomic E-state index is 8.55. The van der Waals surface area contributed by atoms with Crippen molar-refractivity contribution >= 4 is 11.8 Å². The van der Waals surface area contributed by atoms with Crippen molar-refractivity contribution in [1.82, 2.24) is 0 Å². The third-order valence-corrected chi connectivity index (χ3v) is 3.82. The number of thiocyanates is 1. The summed E-state index contributed by atoms with van der Waals surface area (Å²) in [5.41, 5.74) is 2.67. The predicted molar refractivity (Wildman–Crippen MR) is 91.9 cm³/mol. The van der Waals surface area contributed by atoms with Gasteiger partial charge < -0.3 is 4.74 Å². The van der Waals surface area contributed by atoms with Crippen LogP contribution in [0.25, 0.3) is 0 Å². The molecule has 0 spiro atoms. The van der Waals surface area contributed by atoms with Crippen molar-refractivity contribution in [2.75, 3.05) is 12.4 Å². The van der Waals surface area contributed by atoms with Crippen molar-refractivity contribution in [1.29, 1.82) is 5.26 Å². The van der Waals surface area contributed by atoms with Gasteiger partial charge in [-0.25, -0.2) is 0 Å². The van der Waals surface area contributed by atoms with Crippen LogP contribution in [0.2, 0.25) is 0 Å². The van der Waals surface area contributed by atoms with Gasteiger partial charge in [0.05, 0.1) is 6.61 Å². The van der Waals surface area contributed by atoms with Gasteiger partial charge in [0.2, 0.25) is 0 Å². The molecule has 1 aromatic carbocycles. The lowest BCUT2D eigenvalue weighted by molar-refractivity contribution is 0.265. The van der Waals surface area contributed by atoms with E-state index in [0.29, 0.717) is 5.92 Å². The number of nitriles is 1. The van der Waals surface area contributed by atoms with Crippen LogP contribution in [0.3, 0.4) is 0 Å². The highest BCUT2D eigenvalue weighted by atomic mass is 32.2. The lowest BCUT2D eigenvalue weighted by atomic mass is 9.85. The van der Waals surface area contributed by atoms with Gasteiger partial charge in [0.15, 0.2) is 0 Å². The van der Waals surface area contributed by atoms with E-state index in [1.165, 1.54) is 22.9 Å². The van der Waals surface area contributed by atoms with Gasteiger partial charge in [0, 0.05) is 5.75 Å². The molecule has 3 heteroatoms. The number of hydrogen-bond donors (Lipinski definition) is 0. The number of benzene rings is 1. The van der Waals surface area contributed by atoms with Gasteiger partial charge in [-0.05, 0) is 53.1 Å². The first-order chi connectivity index (χ1) is 9.84. The molecule has 0 saturated carbocycles. The number of ether oxygens (including phenoxy) is 1. The molecule has 0 bridgehead atoms. The molecule has 116 valence electrons. The molecule has 0 aliphatic rings. The summed E-state index contributed by atoms with van der Waals surface area (Å²) in [7, 11) is 0. The highest BCUT2D eigenvalue weighted by Gasteiger charge is 2.19. The number of nitrogens with zero attached hydrogens (tertiary/aromatic N) is 1. The van der Waals surface area contributed by atoms with Crippen LogP contribution >= 0.6 is 11.8 Å². The normalized spacial score (nSPS) is 11.5. The van der Waals surface area contributed by atoms with E-state index in [4.69, 9.17) is 10.00 Å². The van der Waals surface area contributed by atoms with Crippen LogP contribution in [0.15, 0.2) is 18.2 Å². The molecule has 0 amide bonds. The molecule has 0 aromatic heterocycles. The molecule has 0 saturated heterocycles. The first-order valence-electron chi connectivity index (χ1n) is 7.61. The van der Waals surface area contributed by atoms with Crippen LogP contribution in [0.1, 0.15) is 52.2 Å². The van der Waals surface area contributed by atoms with E-state index in [9.17, 15) is 0 Å². The minimum absolute atomic E-state index is 0.0731. The van der Waals surface area contributed by atoms with Crippen molar-refractivity contribution in [2.45, 2.75) is 52.9 Å². The fourth-order valence-corrected chi connectivity index (χ4v) is 2.48. The van der Waals surface area contributed by atoms with E-state index in [1.807, 2.05) is 0 Å². The van der Waals surface area contributed by atoms with Crippen LogP contribution in [-0.2, 0) is 11.8 Å². The second kappa shape index (κ2) is 8.34. The predicted octanol–water partition coefficient (Wildman–Crippen LogP) is 5.17. The summed E-state index contributed by atoms with van der Waals surface area (Å²) in [4.78, 5) is 0. The average molecular weight is 305 g/mol. The lowest BCUT2D eigenvalue weighted by Crippen LogP contribution is -2.15. The van der Waals surface area contributed by atoms with E-state index in [0.717, 1.165) is 31.0 Å². The summed E-state index contributed by atoms with van der Waals surface area (Å²) in [6, 6.07) is 6.53. The zero-order valence-electron chi connectivity index (χ0n) is 13.9. The number of rotatable bonds is 7. The molecule has 0 aliphatic heterocycles. The van der Waals surface area contributed by atoms with Crippen LogP contribution in [0.5, 0.6) is 5.75 Å². The first-order valence-corrected chi connectivity index (χ1v) is 8.60. The van der Waals surface area contributed by atoms with Crippen molar-refractivity contribution < 1.29 is 4.74 Å². The maximum atomic E-state index is 8.55. The summed E-state index contributed by atoms with van der Waals surface area (Å²) in [6.45, 7) is 11.7. The third kappa shape index (κ3) is 6.44. The molecule has 0 unspecified atom stereocenters. The van der Waals surface area contributed by atoms with E-state index in [2.05, 4.69) is 58.2 Å². The van der Waals surface area contributed by atoms with E-state index in [-0.39, 0.29) is 5.41 Å². The van der Waals surface area contributed by atoms with E-state index >= 15 is 0 Å². The Hall–Kier alpha value is -1.14. The van der Waals surface area contributed by atoms with Gasteiger partial charge in [-0.2, -0.15) is 5.26 Å². The summed E-state index contributed by atoms with van der Waals surface area (Å²) in [6.07, 6.45) is 2.05. The molecular formula is C18H27NOS. The van der Waals surface area contributed by atoms with Gasteiger partial charge in [0.1, 0.15) is 11.2 Å². The Morgan fingerprint density at radius 1 is 1.29 bits per heavy atom. The summed E-state index contributed by atoms with van der Waals surface area (Å²) in [5, 5.41) is 10.7. The molecule has 21 heavy (non-hydrogen) atoms. The maximum Gasteiger partial charge on any atom is 0.133 e. The Morgan fingerprint density at radius 3 is 2.57 bits per heavy atom. The van der Waals surface area contributed by atoms with Gasteiger partial charge in [-0.1, -0.05) is 46.8 Å². The summed E-state index contributed by atoms with van der Waals surface area (Å²) in [5.74, 6) is 2.43. The second-order valence-corrected chi connectivity index (χ2v) is 7.71. The first kappa shape index (κ1) is 17.9. The largest absolute Gasteiger partial charge is 0.493 e. The molecule has 2 nitrogen and oxygen atoms in total. The Balaban J connectivity index is 2.84. The molecule has 0 N–H and O–H groups in total. The zero-order chi connectivity index (χ0) is 15.9. The Bertz CT molecular complexity index is 483. The fraction of sp³-hybridized carbons (Fsp3) is 0.611. The van der Waals surface area contributed by atoms with Gasteiger partial charge in [-0.3, -0.25) is 0 Å². The van der Waals surface area contributed by atoms with Crippen molar-refractivity contribution in [3.63, 3.8) is 0 Å². The average Bonchev–Trinajstić information content (AvgIpc) is 2.41. The Kier molecular flexibility index (Phi) is 7.11. The smallest absolute Gasteiger partial charge is 0.133 e. The molecule has 0 aliphatic carbocycles. The van der Waals surface area contributed by atoms with Crippen molar-refractivity contribution in [2.24, 2.45) is 5.92 Å². The molecule has 0 fully saturated rings. The van der Waals surface area contributed by atoms with Gasteiger partial charge in [0.25, 0.3) is 0 Å². The zero-order valence-corrected chi connectivity index (χ0v) is 14.7. The number of thioether (sulfide) groups is 1. The molecular weight excluding hydrogens is 278 g/mol. The third-order valence-electron chi connectivity index (χ3n) is 3.20. The Morgan fingerprint density at radius 2 is 2.00 bits per heavy atom. The molecule has 0 atom stereocenters. The number of aryl methyl sites for hydroxylation is 1. The summed E-state index contributed by atoms with van der Waals surface area (Å²) >= 11 is 1.33. The topological polar surface area (TPSA) is 33.0 Å². The van der Waals surface area contributed by atoms with E-state index in [1.54, 1.807) is 0 Å². The van der Waals surface area contributed by atoms with Crippen molar-refractivity contribution in [3.8, 4) is 11.2 Å². The standard InChI is InChI=1S/C18H27NOS/c1-14(2)12-20-17-9-8-15(7-6-10-21-13-19)11-16(17)18(3,4)5/h8-9,11,14H,6-7,10,12H2,1-5H3. The molecule has 1 rings (SSSR count). The van der Waals surface area contributed by atoms with Crippen LogP contribution in [0, 0.1) is 16.6 Å². The monoisotopic (exact) mass is 305 g/mol. The van der Waals surface area contributed by atoms with Gasteiger partial charge in [-0.15, -0.1) is 0 Å². The Labute approximate surface area is 133 Å². The van der Waals surface area contributed by atoms with Gasteiger partial charge >= 0.3 is 0 Å². The molecule has 0 heterocycles. The van der Waals surface area contributed by atoms with Crippen LogP contribution in [-0.4, -0.2) is 12.4 Å². The van der Waals surface area contributed by atoms with Crippen LogP contribution in [0.4, 0.5) is 0 Å². The van der Waals surface area contributed by atoms with E-state index < -0.39 is 0 Å². The fourth-order valence-electron chi connectivity index (χ4n) is 2.10. The number of hydrogen-bond acceptors (Lipinski definition) is 3. The second-order valence-electron chi connectivity index (χ2n) is 6.83. The SMILES string of the molecule is CC(C)COc1ccc(CCCSC#N)cc1C(C)(C)C. The summed E-state index contributed by atoms with van der Waals surface area (Å²) < 4.78 is 5.98. The minimum Gasteiger partial charge on any atom is -0.493 e.